The smallest absolute Gasteiger partial charge is 0.250 e. The molecule has 0 spiro atoms. The molecule has 1 atom stereocenters. The van der Waals surface area contributed by atoms with Gasteiger partial charge in [-0.1, -0.05) is 6.07 Å². The number of rotatable bonds is 6. The van der Waals surface area contributed by atoms with Gasteiger partial charge in [0.25, 0.3) is 5.56 Å². The molecule has 2 aromatic heterocycles. The average Bonchev–Trinajstić information content (AvgIpc) is 3.05. The van der Waals surface area contributed by atoms with Crippen LogP contribution in [0.4, 0.5) is 0 Å². The SMILES string of the molecule is COCCn1c2c(ccc1=O)CC(NCc1ccsc1)CC2. The normalized spacial score (nSPS) is 17.4. The summed E-state index contributed by atoms with van der Waals surface area (Å²) in [7, 11) is 1.67. The van der Waals surface area contributed by atoms with Gasteiger partial charge in [0, 0.05) is 38.0 Å². The van der Waals surface area contributed by atoms with Gasteiger partial charge in [0.05, 0.1) is 6.61 Å². The highest BCUT2D eigenvalue weighted by Gasteiger charge is 2.21. The summed E-state index contributed by atoms with van der Waals surface area (Å²) in [6.45, 7) is 2.15. The van der Waals surface area contributed by atoms with Crippen LogP contribution in [0, 0.1) is 0 Å². The molecule has 22 heavy (non-hydrogen) atoms. The van der Waals surface area contributed by atoms with Crippen LogP contribution in [-0.2, 0) is 30.7 Å². The quantitative estimate of drug-likeness (QED) is 0.888. The maximum Gasteiger partial charge on any atom is 0.250 e. The molecule has 3 rings (SSSR count). The van der Waals surface area contributed by atoms with Crippen LogP contribution in [0.1, 0.15) is 23.2 Å². The Balaban J connectivity index is 1.69. The van der Waals surface area contributed by atoms with Crippen molar-refractivity contribution in [3.63, 3.8) is 0 Å². The van der Waals surface area contributed by atoms with Crippen molar-refractivity contribution in [3.8, 4) is 0 Å². The molecule has 0 radical (unpaired) electrons. The molecule has 0 aromatic carbocycles. The van der Waals surface area contributed by atoms with Gasteiger partial charge in [0.1, 0.15) is 0 Å². The number of aromatic nitrogens is 1. The molecule has 1 aliphatic carbocycles. The first-order chi connectivity index (χ1) is 10.8. The van der Waals surface area contributed by atoms with Crippen molar-refractivity contribution in [1.29, 1.82) is 0 Å². The maximum atomic E-state index is 12.1. The number of hydrogen-bond donors (Lipinski definition) is 1. The fourth-order valence-corrected chi connectivity index (χ4v) is 3.75. The molecule has 0 saturated heterocycles. The molecule has 1 unspecified atom stereocenters. The molecule has 0 fully saturated rings. The number of fused-ring (bicyclic) bond motifs is 1. The monoisotopic (exact) mass is 318 g/mol. The number of hydrogen-bond acceptors (Lipinski definition) is 4. The molecular formula is C17H22N2O2S. The number of thiophene rings is 1. The molecule has 2 heterocycles. The Morgan fingerprint density at radius 1 is 1.41 bits per heavy atom. The summed E-state index contributed by atoms with van der Waals surface area (Å²) in [5, 5.41) is 7.94. The first kappa shape index (κ1) is 15.5. The molecule has 2 aromatic rings. The third-order valence-corrected chi connectivity index (χ3v) is 5.01. The first-order valence-electron chi connectivity index (χ1n) is 7.73. The van der Waals surface area contributed by atoms with Gasteiger partial charge < -0.3 is 14.6 Å². The first-order valence-corrected chi connectivity index (χ1v) is 8.67. The summed E-state index contributed by atoms with van der Waals surface area (Å²) in [5.74, 6) is 0. The molecule has 5 heteroatoms. The van der Waals surface area contributed by atoms with E-state index in [2.05, 4.69) is 22.1 Å². The van der Waals surface area contributed by atoms with E-state index >= 15 is 0 Å². The molecule has 1 aliphatic rings. The number of nitrogens with one attached hydrogen (secondary N) is 1. The van der Waals surface area contributed by atoms with Crippen molar-refractivity contribution >= 4 is 11.3 Å². The number of pyridine rings is 1. The average molecular weight is 318 g/mol. The number of ether oxygens (including phenoxy) is 1. The van der Waals surface area contributed by atoms with E-state index in [0.717, 1.165) is 25.8 Å². The van der Waals surface area contributed by atoms with E-state index in [0.29, 0.717) is 19.2 Å². The largest absolute Gasteiger partial charge is 0.383 e. The van der Waals surface area contributed by atoms with Gasteiger partial charge in [-0.15, -0.1) is 0 Å². The Labute approximate surface area is 134 Å². The van der Waals surface area contributed by atoms with Crippen LogP contribution in [-0.4, -0.2) is 24.3 Å². The zero-order valence-corrected chi connectivity index (χ0v) is 13.7. The molecule has 0 bridgehead atoms. The lowest BCUT2D eigenvalue weighted by molar-refractivity contribution is 0.184. The molecule has 0 amide bonds. The van der Waals surface area contributed by atoms with Crippen molar-refractivity contribution in [2.75, 3.05) is 13.7 Å². The lowest BCUT2D eigenvalue weighted by Gasteiger charge is -2.27. The van der Waals surface area contributed by atoms with Gasteiger partial charge in [0.2, 0.25) is 0 Å². The highest BCUT2D eigenvalue weighted by atomic mass is 32.1. The van der Waals surface area contributed by atoms with Crippen LogP contribution in [0.15, 0.2) is 33.8 Å². The molecule has 0 aliphatic heterocycles. The van der Waals surface area contributed by atoms with Crippen LogP contribution >= 0.6 is 11.3 Å². The van der Waals surface area contributed by atoms with Crippen molar-refractivity contribution < 1.29 is 4.74 Å². The van der Waals surface area contributed by atoms with Crippen LogP contribution in [0.3, 0.4) is 0 Å². The van der Waals surface area contributed by atoms with Gasteiger partial charge in [-0.3, -0.25) is 4.79 Å². The second-order valence-electron chi connectivity index (χ2n) is 5.74. The van der Waals surface area contributed by atoms with Crippen LogP contribution in [0.25, 0.3) is 0 Å². The second-order valence-corrected chi connectivity index (χ2v) is 6.52. The Morgan fingerprint density at radius 3 is 3.09 bits per heavy atom. The van der Waals surface area contributed by atoms with E-state index in [4.69, 9.17) is 4.74 Å². The van der Waals surface area contributed by atoms with E-state index in [1.165, 1.54) is 16.8 Å². The molecule has 4 nitrogen and oxygen atoms in total. The van der Waals surface area contributed by atoms with E-state index < -0.39 is 0 Å². The lowest BCUT2D eigenvalue weighted by atomic mass is 9.91. The molecule has 118 valence electrons. The summed E-state index contributed by atoms with van der Waals surface area (Å²) in [6, 6.07) is 6.34. The van der Waals surface area contributed by atoms with E-state index in [1.807, 2.05) is 10.6 Å². The van der Waals surface area contributed by atoms with E-state index in [-0.39, 0.29) is 5.56 Å². The topological polar surface area (TPSA) is 43.3 Å². The Morgan fingerprint density at radius 2 is 2.32 bits per heavy atom. The summed E-state index contributed by atoms with van der Waals surface area (Å²) in [4.78, 5) is 12.1. The van der Waals surface area contributed by atoms with Crippen LogP contribution < -0.4 is 10.9 Å². The minimum Gasteiger partial charge on any atom is -0.383 e. The summed E-state index contributed by atoms with van der Waals surface area (Å²) in [6.07, 6.45) is 3.02. The van der Waals surface area contributed by atoms with Gasteiger partial charge in [0.15, 0.2) is 0 Å². The minimum absolute atomic E-state index is 0.0838. The second kappa shape index (κ2) is 7.22. The van der Waals surface area contributed by atoms with Gasteiger partial charge in [-0.05, 0) is 47.2 Å². The van der Waals surface area contributed by atoms with Crippen LogP contribution in [0.2, 0.25) is 0 Å². The summed E-state index contributed by atoms with van der Waals surface area (Å²) in [5.41, 5.74) is 3.92. The number of nitrogens with zero attached hydrogens (tertiary/aromatic N) is 1. The van der Waals surface area contributed by atoms with Gasteiger partial charge >= 0.3 is 0 Å². The Bertz CT molecular complexity index is 664. The fraction of sp³-hybridized carbons (Fsp3) is 0.471. The Kier molecular flexibility index (Phi) is 5.08. The third kappa shape index (κ3) is 3.48. The molecule has 1 N–H and O–H groups in total. The minimum atomic E-state index is 0.0838. The van der Waals surface area contributed by atoms with Crippen molar-refractivity contribution in [3.05, 3.63) is 56.1 Å². The highest BCUT2D eigenvalue weighted by Crippen LogP contribution is 2.20. The predicted octanol–water partition coefficient (Wildman–Crippen LogP) is 2.20. The van der Waals surface area contributed by atoms with Gasteiger partial charge in [-0.25, -0.2) is 0 Å². The third-order valence-electron chi connectivity index (χ3n) is 4.28. The van der Waals surface area contributed by atoms with Crippen molar-refractivity contribution in [1.82, 2.24) is 9.88 Å². The highest BCUT2D eigenvalue weighted by molar-refractivity contribution is 7.07. The molecule has 0 saturated carbocycles. The fourth-order valence-electron chi connectivity index (χ4n) is 3.08. The van der Waals surface area contributed by atoms with E-state index in [1.54, 1.807) is 24.5 Å². The zero-order valence-electron chi connectivity index (χ0n) is 12.9. The summed E-state index contributed by atoms with van der Waals surface area (Å²) < 4.78 is 7.00. The zero-order chi connectivity index (χ0) is 15.4. The summed E-state index contributed by atoms with van der Waals surface area (Å²) >= 11 is 1.74. The van der Waals surface area contributed by atoms with E-state index in [9.17, 15) is 4.79 Å². The lowest BCUT2D eigenvalue weighted by Crippen LogP contribution is -2.37. The van der Waals surface area contributed by atoms with Crippen molar-refractivity contribution in [2.24, 2.45) is 0 Å². The number of methoxy groups -OCH3 is 1. The maximum absolute atomic E-state index is 12.1. The van der Waals surface area contributed by atoms with Crippen molar-refractivity contribution in [2.45, 2.75) is 38.4 Å². The van der Waals surface area contributed by atoms with Crippen LogP contribution in [0.5, 0.6) is 0 Å². The van der Waals surface area contributed by atoms with Gasteiger partial charge in [-0.2, -0.15) is 11.3 Å². The molecular weight excluding hydrogens is 296 g/mol. The Hall–Kier alpha value is -1.43. The standard InChI is InChI=1S/C17H22N2O2S/c1-21-8-7-19-16-4-3-15(10-14(16)2-5-17(19)20)18-11-13-6-9-22-12-13/h2,5-6,9,12,15,18H,3-4,7-8,10-11H2,1H3. The predicted molar refractivity (Wildman–Crippen MR) is 89.5 cm³/mol.